The summed E-state index contributed by atoms with van der Waals surface area (Å²) in [5.41, 5.74) is 0.847. The van der Waals surface area contributed by atoms with Gasteiger partial charge in [0.25, 0.3) is 0 Å². The lowest BCUT2D eigenvalue weighted by atomic mass is 9.98. The van der Waals surface area contributed by atoms with E-state index >= 15 is 0 Å². The Morgan fingerprint density at radius 2 is 2.00 bits per heavy atom. The molecule has 0 atom stereocenters. The summed E-state index contributed by atoms with van der Waals surface area (Å²) in [5.74, 6) is 2.08. The first-order valence-electron chi connectivity index (χ1n) is 7.18. The molecule has 6 nitrogen and oxygen atoms in total. The van der Waals surface area contributed by atoms with E-state index in [0.29, 0.717) is 18.4 Å². The van der Waals surface area contributed by atoms with E-state index in [2.05, 4.69) is 24.2 Å². The van der Waals surface area contributed by atoms with Gasteiger partial charge in [-0.3, -0.25) is 4.98 Å². The van der Waals surface area contributed by atoms with Gasteiger partial charge in [-0.25, -0.2) is 9.97 Å². The molecular weight excluding hydrogens is 286 g/mol. The molecule has 0 spiro atoms. The smallest absolute Gasteiger partial charge is 0.235 e. The molecular formula is C14H19N5OS. The molecule has 1 aliphatic heterocycles. The second-order valence-corrected chi connectivity index (χ2v) is 6.04. The lowest BCUT2D eigenvalue weighted by Crippen LogP contribution is -2.35. The van der Waals surface area contributed by atoms with Gasteiger partial charge in [-0.15, -0.1) is 0 Å². The number of hydrogen-bond donors (Lipinski definition) is 0. The number of anilines is 1. The van der Waals surface area contributed by atoms with Gasteiger partial charge < -0.3 is 9.64 Å². The van der Waals surface area contributed by atoms with Crippen molar-refractivity contribution in [2.45, 2.75) is 26.7 Å². The zero-order valence-electron chi connectivity index (χ0n) is 12.3. The van der Waals surface area contributed by atoms with Crippen LogP contribution in [0.2, 0.25) is 0 Å². The molecule has 0 radical (unpaired) electrons. The maximum atomic E-state index is 5.80. The van der Waals surface area contributed by atoms with Crippen LogP contribution in [-0.2, 0) is 0 Å². The number of piperidine rings is 1. The highest BCUT2D eigenvalue weighted by molar-refractivity contribution is 7.09. The van der Waals surface area contributed by atoms with E-state index in [1.807, 2.05) is 13.8 Å². The Hall–Kier alpha value is -1.76. The summed E-state index contributed by atoms with van der Waals surface area (Å²) in [4.78, 5) is 15.2. The highest BCUT2D eigenvalue weighted by Crippen LogP contribution is 2.25. The van der Waals surface area contributed by atoms with E-state index in [9.17, 15) is 0 Å². The number of aromatic nitrogens is 4. The van der Waals surface area contributed by atoms with Crippen LogP contribution in [0.3, 0.4) is 0 Å². The summed E-state index contributed by atoms with van der Waals surface area (Å²) in [6.07, 6.45) is 5.57. The van der Waals surface area contributed by atoms with Gasteiger partial charge in [0.1, 0.15) is 5.82 Å². The molecule has 0 aliphatic carbocycles. The third kappa shape index (κ3) is 3.47. The summed E-state index contributed by atoms with van der Waals surface area (Å²) in [6.45, 7) is 6.60. The number of rotatable bonds is 4. The summed E-state index contributed by atoms with van der Waals surface area (Å²) in [6, 6.07) is 0. The van der Waals surface area contributed by atoms with Gasteiger partial charge in [0, 0.05) is 37.0 Å². The number of ether oxygens (including phenoxy) is 1. The molecule has 1 fully saturated rings. The third-order valence-electron chi connectivity index (χ3n) is 3.69. The predicted octanol–water partition coefficient (Wildman–Crippen LogP) is 2.24. The molecule has 3 rings (SSSR count). The van der Waals surface area contributed by atoms with Crippen LogP contribution in [0.15, 0.2) is 12.4 Å². The number of nitrogens with zero attached hydrogens (tertiary/aromatic N) is 5. The summed E-state index contributed by atoms with van der Waals surface area (Å²) >= 11 is 1.48. The van der Waals surface area contributed by atoms with Crippen LogP contribution >= 0.6 is 11.5 Å². The van der Waals surface area contributed by atoms with Gasteiger partial charge in [-0.1, -0.05) is 0 Å². The number of hydrogen-bond acceptors (Lipinski definition) is 7. The molecule has 21 heavy (non-hydrogen) atoms. The molecule has 0 aromatic carbocycles. The van der Waals surface area contributed by atoms with Crippen molar-refractivity contribution in [2.24, 2.45) is 5.92 Å². The largest absolute Gasteiger partial charge is 0.476 e. The zero-order valence-corrected chi connectivity index (χ0v) is 13.1. The van der Waals surface area contributed by atoms with Crippen LogP contribution in [0.1, 0.15) is 24.4 Å². The molecule has 1 aliphatic rings. The Morgan fingerprint density at radius 1 is 1.24 bits per heavy atom. The quantitative estimate of drug-likeness (QED) is 0.863. The van der Waals surface area contributed by atoms with Gasteiger partial charge >= 0.3 is 0 Å². The molecule has 0 amide bonds. The molecule has 7 heteroatoms. The minimum Gasteiger partial charge on any atom is -0.476 e. The number of aryl methyl sites for hydroxylation is 2. The van der Waals surface area contributed by atoms with Gasteiger partial charge in [-0.2, -0.15) is 4.37 Å². The van der Waals surface area contributed by atoms with Crippen molar-refractivity contribution in [3.8, 4) is 5.88 Å². The van der Waals surface area contributed by atoms with E-state index in [4.69, 9.17) is 4.74 Å². The Morgan fingerprint density at radius 3 is 2.67 bits per heavy atom. The maximum absolute atomic E-state index is 5.80. The summed E-state index contributed by atoms with van der Waals surface area (Å²) in [7, 11) is 0. The normalized spacial score (nSPS) is 16.2. The molecule has 0 saturated carbocycles. The first kappa shape index (κ1) is 14.2. The average molecular weight is 305 g/mol. The van der Waals surface area contributed by atoms with Gasteiger partial charge in [-0.05, 0) is 32.6 Å². The van der Waals surface area contributed by atoms with Crippen LogP contribution in [0.5, 0.6) is 5.88 Å². The SMILES string of the molecule is Cc1nsc(N2CCC(COc3nccnc3C)CC2)n1. The van der Waals surface area contributed by atoms with Crippen LogP contribution in [-0.4, -0.2) is 39.0 Å². The van der Waals surface area contributed by atoms with Crippen molar-refractivity contribution in [3.63, 3.8) is 0 Å². The fourth-order valence-electron chi connectivity index (χ4n) is 2.44. The van der Waals surface area contributed by atoms with Gasteiger partial charge in [0.2, 0.25) is 11.0 Å². The molecule has 2 aromatic rings. The molecule has 0 N–H and O–H groups in total. The van der Waals surface area contributed by atoms with Crippen LogP contribution < -0.4 is 9.64 Å². The topological polar surface area (TPSA) is 64.0 Å². The van der Waals surface area contributed by atoms with Crippen molar-refractivity contribution >= 4 is 16.7 Å². The van der Waals surface area contributed by atoms with Gasteiger partial charge in [0.15, 0.2) is 0 Å². The Balaban J connectivity index is 1.49. The average Bonchev–Trinajstić information content (AvgIpc) is 2.94. The first-order valence-corrected chi connectivity index (χ1v) is 7.95. The molecule has 112 valence electrons. The van der Waals surface area contributed by atoms with E-state index in [1.165, 1.54) is 11.5 Å². The predicted molar refractivity (Wildman–Crippen MR) is 81.8 cm³/mol. The minimum atomic E-state index is 0.566. The molecule has 1 saturated heterocycles. The van der Waals surface area contributed by atoms with Gasteiger partial charge in [0.05, 0.1) is 12.3 Å². The van der Waals surface area contributed by atoms with Crippen molar-refractivity contribution in [1.82, 2.24) is 19.3 Å². The molecule has 0 bridgehead atoms. The lowest BCUT2D eigenvalue weighted by molar-refractivity contribution is 0.214. The fourth-order valence-corrected chi connectivity index (χ4v) is 3.16. The van der Waals surface area contributed by atoms with E-state index in [1.54, 1.807) is 12.4 Å². The molecule has 0 unspecified atom stereocenters. The van der Waals surface area contributed by atoms with E-state index < -0.39 is 0 Å². The van der Waals surface area contributed by atoms with Crippen LogP contribution in [0.4, 0.5) is 5.13 Å². The van der Waals surface area contributed by atoms with Crippen LogP contribution in [0, 0.1) is 19.8 Å². The standard InChI is InChI=1S/C14H19N5OS/c1-10-13(16-6-5-15-10)20-9-12-3-7-19(8-4-12)14-17-11(2)18-21-14/h5-6,12H,3-4,7-9H2,1-2H3. The van der Waals surface area contributed by atoms with Crippen LogP contribution in [0.25, 0.3) is 0 Å². The second-order valence-electron chi connectivity index (χ2n) is 5.31. The summed E-state index contributed by atoms with van der Waals surface area (Å²) < 4.78 is 10.0. The fraction of sp³-hybridized carbons (Fsp3) is 0.571. The first-order chi connectivity index (χ1) is 10.2. The Kier molecular flexibility index (Phi) is 4.28. The third-order valence-corrected chi connectivity index (χ3v) is 4.56. The molecule has 2 aromatic heterocycles. The molecule has 3 heterocycles. The Labute approximate surface area is 128 Å². The van der Waals surface area contributed by atoms with E-state index in [-0.39, 0.29) is 0 Å². The van der Waals surface area contributed by atoms with Crippen molar-refractivity contribution in [3.05, 3.63) is 23.9 Å². The van der Waals surface area contributed by atoms with Crippen molar-refractivity contribution in [1.29, 1.82) is 0 Å². The minimum absolute atomic E-state index is 0.566. The van der Waals surface area contributed by atoms with Crippen molar-refractivity contribution in [2.75, 3.05) is 24.6 Å². The van der Waals surface area contributed by atoms with Crippen molar-refractivity contribution < 1.29 is 4.74 Å². The maximum Gasteiger partial charge on any atom is 0.235 e. The Bertz CT molecular complexity index is 595. The zero-order chi connectivity index (χ0) is 14.7. The highest BCUT2D eigenvalue weighted by Gasteiger charge is 2.22. The highest BCUT2D eigenvalue weighted by atomic mass is 32.1. The summed E-state index contributed by atoms with van der Waals surface area (Å²) in [5, 5.41) is 1.04. The monoisotopic (exact) mass is 305 g/mol. The van der Waals surface area contributed by atoms with E-state index in [0.717, 1.165) is 42.6 Å². The lowest BCUT2D eigenvalue weighted by Gasteiger charge is -2.31. The second kappa shape index (κ2) is 6.34.